The summed E-state index contributed by atoms with van der Waals surface area (Å²) in [6.07, 6.45) is 8.12. The number of aliphatic hydroxyl groups is 1. The Hall–Kier alpha value is -1.09. The smallest absolute Gasteiger partial charge is 0.303 e. The van der Waals surface area contributed by atoms with Crippen molar-refractivity contribution in [2.24, 2.45) is 11.8 Å². The Labute approximate surface area is 122 Å². The van der Waals surface area contributed by atoms with Crippen LogP contribution in [0.15, 0.2) is 23.8 Å². The highest BCUT2D eigenvalue weighted by Crippen LogP contribution is 2.27. The van der Waals surface area contributed by atoms with Gasteiger partial charge in [-0.3, -0.25) is 4.79 Å². The third-order valence-electron chi connectivity index (χ3n) is 4.05. The summed E-state index contributed by atoms with van der Waals surface area (Å²) in [7, 11) is 0. The second-order valence-corrected chi connectivity index (χ2v) is 6.42. The van der Waals surface area contributed by atoms with Gasteiger partial charge in [0.25, 0.3) is 0 Å². The van der Waals surface area contributed by atoms with E-state index in [1.165, 1.54) is 12.5 Å². The van der Waals surface area contributed by atoms with Gasteiger partial charge in [0.15, 0.2) is 0 Å². The van der Waals surface area contributed by atoms with Crippen LogP contribution in [-0.2, 0) is 9.53 Å². The molecule has 0 radical (unpaired) electrons. The van der Waals surface area contributed by atoms with Crippen LogP contribution in [0.1, 0.15) is 53.9 Å². The minimum atomic E-state index is -1.13. The van der Waals surface area contributed by atoms with Gasteiger partial charge in [0.05, 0.1) is 0 Å². The lowest BCUT2D eigenvalue weighted by atomic mass is 9.85. The van der Waals surface area contributed by atoms with Gasteiger partial charge in [-0.2, -0.15) is 0 Å². The molecule has 1 rings (SSSR count). The lowest BCUT2D eigenvalue weighted by molar-refractivity contribution is -0.156. The number of hydrogen-bond acceptors (Lipinski definition) is 3. The van der Waals surface area contributed by atoms with E-state index in [0.717, 1.165) is 12.8 Å². The average Bonchev–Trinajstić information content (AvgIpc) is 2.32. The zero-order chi connectivity index (χ0) is 15.3. The molecule has 0 fully saturated rings. The Kier molecular flexibility index (Phi) is 6.00. The Morgan fingerprint density at radius 1 is 1.50 bits per heavy atom. The van der Waals surface area contributed by atoms with Crippen LogP contribution in [0.3, 0.4) is 0 Å². The highest BCUT2D eigenvalue weighted by Gasteiger charge is 2.32. The number of carbonyl (C=O) groups is 1. The topological polar surface area (TPSA) is 46.5 Å². The molecule has 1 aliphatic carbocycles. The largest absolute Gasteiger partial charge is 0.459 e. The fourth-order valence-corrected chi connectivity index (χ4v) is 2.49. The van der Waals surface area contributed by atoms with Crippen molar-refractivity contribution in [3.63, 3.8) is 0 Å². The van der Waals surface area contributed by atoms with E-state index < -0.39 is 11.7 Å². The number of rotatable bonds is 2. The minimum absolute atomic E-state index is 0.354. The van der Waals surface area contributed by atoms with Crippen LogP contribution in [0.2, 0.25) is 0 Å². The molecule has 0 amide bonds. The first-order valence-electron chi connectivity index (χ1n) is 7.47. The van der Waals surface area contributed by atoms with E-state index >= 15 is 0 Å². The first-order valence-corrected chi connectivity index (χ1v) is 7.47. The van der Waals surface area contributed by atoms with E-state index in [4.69, 9.17) is 4.74 Å². The Balaban J connectivity index is 3.02. The summed E-state index contributed by atoms with van der Waals surface area (Å²) in [4.78, 5) is 11.2. The third kappa shape index (κ3) is 5.12. The zero-order valence-corrected chi connectivity index (χ0v) is 13.3. The van der Waals surface area contributed by atoms with Gasteiger partial charge in [0.2, 0.25) is 0 Å². The van der Waals surface area contributed by atoms with E-state index in [1.807, 2.05) is 0 Å². The molecule has 20 heavy (non-hydrogen) atoms. The fourth-order valence-electron chi connectivity index (χ4n) is 2.49. The van der Waals surface area contributed by atoms with E-state index in [2.05, 4.69) is 32.9 Å². The van der Waals surface area contributed by atoms with Crippen LogP contribution in [0.5, 0.6) is 0 Å². The van der Waals surface area contributed by atoms with Gasteiger partial charge in [-0.05, 0) is 38.5 Å². The molecule has 0 saturated heterocycles. The van der Waals surface area contributed by atoms with Gasteiger partial charge < -0.3 is 9.84 Å². The third-order valence-corrected chi connectivity index (χ3v) is 4.05. The number of allylic oxidation sites excluding steroid dienone is 2. The molecule has 0 heterocycles. The lowest BCUT2D eigenvalue weighted by Gasteiger charge is -2.31. The van der Waals surface area contributed by atoms with E-state index in [0.29, 0.717) is 18.3 Å². The first-order chi connectivity index (χ1) is 9.22. The van der Waals surface area contributed by atoms with Crippen molar-refractivity contribution in [1.29, 1.82) is 0 Å². The molecule has 3 atom stereocenters. The first kappa shape index (κ1) is 17.0. The molecular formula is C17H28O3. The normalized spacial score (nSPS) is 34.5. The monoisotopic (exact) mass is 280 g/mol. The van der Waals surface area contributed by atoms with E-state index in [-0.39, 0.29) is 5.97 Å². The standard InChI is InChI=1S/C17H28O3/c1-12(2)15-8-6-13(3)7-9-16(20-14(4)18)17(5,19)11-10-15/h7,10-12,15-16,19H,6,8-9H2,1-5H3/b11-10?,13-7+/t15-,16?,17+/m1/s1. The predicted molar refractivity (Wildman–Crippen MR) is 81.3 cm³/mol. The summed E-state index contributed by atoms with van der Waals surface area (Å²) in [6.45, 7) is 9.57. The molecule has 3 nitrogen and oxygen atoms in total. The van der Waals surface area contributed by atoms with Crippen molar-refractivity contribution >= 4 is 5.97 Å². The summed E-state index contributed by atoms with van der Waals surface area (Å²) < 4.78 is 5.30. The molecule has 0 bridgehead atoms. The number of ether oxygens (including phenoxy) is 1. The maximum Gasteiger partial charge on any atom is 0.303 e. The van der Waals surface area contributed by atoms with Gasteiger partial charge in [0, 0.05) is 13.3 Å². The Morgan fingerprint density at radius 3 is 2.70 bits per heavy atom. The van der Waals surface area contributed by atoms with Crippen LogP contribution in [0.25, 0.3) is 0 Å². The van der Waals surface area contributed by atoms with Crippen LogP contribution in [-0.4, -0.2) is 22.8 Å². The summed E-state index contributed by atoms with van der Waals surface area (Å²) in [5.74, 6) is 0.606. The second kappa shape index (κ2) is 7.07. The molecule has 1 unspecified atom stereocenters. The lowest BCUT2D eigenvalue weighted by Crippen LogP contribution is -2.40. The highest BCUT2D eigenvalue weighted by molar-refractivity contribution is 5.66. The summed E-state index contributed by atoms with van der Waals surface area (Å²) in [6, 6.07) is 0. The second-order valence-electron chi connectivity index (χ2n) is 6.42. The molecule has 0 aromatic carbocycles. The Bertz CT molecular complexity index is 391. The van der Waals surface area contributed by atoms with E-state index in [9.17, 15) is 9.90 Å². The van der Waals surface area contributed by atoms with Gasteiger partial charge >= 0.3 is 5.97 Å². The molecular weight excluding hydrogens is 252 g/mol. The molecule has 0 spiro atoms. The van der Waals surface area contributed by atoms with Crippen LogP contribution in [0.4, 0.5) is 0 Å². The Morgan fingerprint density at radius 2 is 2.15 bits per heavy atom. The summed E-state index contributed by atoms with van der Waals surface area (Å²) >= 11 is 0. The molecule has 0 aliphatic heterocycles. The molecule has 114 valence electrons. The van der Waals surface area contributed by atoms with Gasteiger partial charge in [-0.1, -0.05) is 37.6 Å². The van der Waals surface area contributed by atoms with E-state index in [1.54, 1.807) is 13.0 Å². The molecule has 0 aromatic heterocycles. The van der Waals surface area contributed by atoms with Crippen LogP contribution < -0.4 is 0 Å². The van der Waals surface area contributed by atoms with Crippen LogP contribution in [0, 0.1) is 11.8 Å². The van der Waals surface area contributed by atoms with Crippen molar-refractivity contribution < 1.29 is 14.6 Å². The van der Waals surface area contributed by atoms with Crippen molar-refractivity contribution in [2.75, 3.05) is 0 Å². The average molecular weight is 280 g/mol. The zero-order valence-electron chi connectivity index (χ0n) is 13.3. The van der Waals surface area contributed by atoms with Crippen molar-refractivity contribution in [1.82, 2.24) is 0 Å². The fraction of sp³-hybridized carbons (Fsp3) is 0.706. The number of esters is 1. The van der Waals surface area contributed by atoms with Crippen molar-refractivity contribution in [3.8, 4) is 0 Å². The highest BCUT2D eigenvalue weighted by atomic mass is 16.6. The van der Waals surface area contributed by atoms with Gasteiger partial charge in [-0.25, -0.2) is 0 Å². The number of carbonyl (C=O) groups excluding carboxylic acids is 1. The van der Waals surface area contributed by atoms with Crippen LogP contribution >= 0.6 is 0 Å². The maximum absolute atomic E-state index is 11.2. The van der Waals surface area contributed by atoms with Gasteiger partial charge in [-0.15, -0.1) is 0 Å². The van der Waals surface area contributed by atoms with Gasteiger partial charge in [0.1, 0.15) is 11.7 Å². The molecule has 1 N–H and O–H groups in total. The predicted octanol–water partition coefficient (Wildman–Crippen LogP) is 3.63. The summed E-state index contributed by atoms with van der Waals surface area (Å²) in [5, 5.41) is 10.6. The molecule has 0 saturated carbocycles. The molecule has 1 aliphatic rings. The maximum atomic E-state index is 11.2. The number of hydrogen-bond donors (Lipinski definition) is 1. The SMILES string of the molecule is CC(=O)OC1C/C=C(\C)CC[C@@H](C(C)C)C=C[C@]1(C)O. The van der Waals surface area contributed by atoms with Crippen molar-refractivity contribution in [3.05, 3.63) is 23.8 Å². The molecule has 0 aromatic rings. The quantitative estimate of drug-likeness (QED) is 0.620. The molecule has 3 heteroatoms. The summed E-state index contributed by atoms with van der Waals surface area (Å²) in [5.41, 5.74) is 0.159. The minimum Gasteiger partial charge on any atom is -0.459 e. The van der Waals surface area contributed by atoms with Crippen molar-refractivity contribution in [2.45, 2.75) is 65.6 Å².